The van der Waals surface area contributed by atoms with E-state index in [0.29, 0.717) is 30.4 Å². The van der Waals surface area contributed by atoms with Crippen LogP contribution in [0.25, 0.3) is 10.9 Å². The van der Waals surface area contributed by atoms with Crippen molar-refractivity contribution < 1.29 is 4.79 Å². The number of carbonyl (C=O) groups is 1. The Kier molecular flexibility index (Phi) is 8.72. The molecule has 1 aliphatic rings. The highest BCUT2D eigenvalue weighted by molar-refractivity contribution is 9.11. The number of amides is 2. The average molecular weight is 618 g/mol. The first-order valence-corrected chi connectivity index (χ1v) is 14.0. The Morgan fingerprint density at radius 1 is 1.06 bits per heavy atom. The van der Waals surface area contributed by atoms with Gasteiger partial charge in [-0.25, -0.2) is 9.78 Å². The minimum atomic E-state index is -0.185. The van der Waals surface area contributed by atoms with Gasteiger partial charge < -0.3 is 20.9 Å². The van der Waals surface area contributed by atoms with Gasteiger partial charge in [-0.2, -0.15) is 4.98 Å². The minimum absolute atomic E-state index is 0.185. The standard InChI is InChI=1S/C27H34Br2N6O/c1-16(2)18-13-21(28)24(22(29)14-18)33-27(36)30-15-17-9-11-19(12-10-17)31-26-32-23-8-6-5-7-20(23)25(34-26)35(3)4/h5-8,13-14,16-17,19H,9-12,15H2,1-4H3,(H2,30,33,36)(H,31,32,34)/t17-,19+. The molecule has 0 radical (unpaired) electrons. The van der Waals surface area contributed by atoms with Gasteiger partial charge in [0.05, 0.1) is 11.2 Å². The van der Waals surface area contributed by atoms with E-state index in [-0.39, 0.29) is 6.03 Å². The van der Waals surface area contributed by atoms with Crippen LogP contribution in [0.15, 0.2) is 45.3 Å². The summed E-state index contributed by atoms with van der Waals surface area (Å²) in [5, 5.41) is 10.6. The number of nitrogens with one attached hydrogen (secondary N) is 3. The number of nitrogens with zero attached hydrogens (tertiary/aromatic N) is 3. The van der Waals surface area contributed by atoms with Gasteiger partial charge in [-0.1, -0.05) is 26.0 Å². The molecule has 3 N–H and O–H groups in total. The topological polar surface area (TPSA) is 82.2 Å². The van der Waals surface area contributed by atoms with Crippen molar-refractivity contribution in [3.05, 3.63) is 50.9 Å². The van der Waals surface area contributed by atoms with Crippen LogP contribution in [-0.4, -0.2) is 42.7 Å². The molecule has 1 saturated carbocycles. The monoisotopic (exact) mass is 616 g/mol. The van der Waals surface area contributed by atoms with Gasteiger partial charge in [-0.3, -0.25) is 0 Å². The van der Waals surface area contributed by atoms with E-state index in [0.717, 1.165) is 57.0 Å². The van der Waals surface area contributed by atoms with Gasteiger partial charge in [0, 0.05) is 41.0 Å². The molecule has 4 rings (SSSR count). The Morgan fingerprint density at radius 2 is 1.72 bits per heavy atom. The van der Waals surface area contributed by atoms with E-state index in [4.69, 9.17) is 9.97 Å². The lowest BCUT2D eigenvalue weighted by molar-refractivity contribution is 0.246. The summed E-state index contributed by atoms with van der Waals surface area (Å²) in [5.74, 6) is 2.47. The average Bonchev–Trinajstić information content (AvgIpc) is 2.85. The van der Waals surface area contributed by atoms with Crippen molar-refractivity contribution in [1.82, 2.24) is 15.3 Å². The number of hydrogen-bond acceptors (Lipinski definition) is 5. The lowest BCUT2D eigenvalue weighted by atomic mass is 9.86. The smallest absolute Gasteiger partial charge is 0.319 e. The molecule has 0 aliphatic heterocycles. The van der Waals surface area contributed by atoms with Crippen LogP contribution in [0, 0.1) is 5.92 Å². The van der Waals surface area contributed by atoms with Crippen molar-refractivity contribution in [2.75, 3.05) is 36.2 Å². The molecule has 0 bridgehead atoms. The third-order valence-electron chi connectivity index (χ3n) is 6.71. The maximum Gasteiger partial charge on any atom is 0.319 e. The number of carbonyl (C=O) groups excluding carboxylic acids is 1. The zero-order valence-electron chi connectivity index (χ0n) is 21.2. The first kappa shape index (κ1) is 26.7. The van der Waals surface area contributed by atoms with Gasteiger partial charge in [-0.15, -0.1) is 0 Å². The van der Waals surface area contributed by atoms with E-state index in [1.807, 2.05) is 37.2 Å². The predicted molar refractivity (Wildman–Crippen MR) is 156 cm³/mol. The summed E-state index contributed by atoms with van der Waals surface area (Å²) in [6.45, 7) is 4.96. The number of rotatable bonds is 7. The van der Waals surface area contributed by atoms with Crippen LogP contribution in [0.4, 0.5) is 22.2 Å². The van der Waals surface area contributed by atoms with E-state index in [1.54, 1.807) is 0 Å². The Hall–Kier alpha value is -2.39. The number of para-hydroxylation sites is 1. The summed E-state index contributed by atoms with van der Waals surface area (Å²) in [6.07, 6.45) is 4.13. The lowest BCUT2D eigenvalue weighted by Crippen LogP contribution is -2.36. The number of benzene rings is 2. The number of urea groups is 1. The number of aromatic nitrogens is 2. The molecule has 3 aromatic rings. The molecule has 9 heteroatoms. The molecule has 192 valence electrons. The SMILES string of the molecule is CC(C)c1cc(Br)c(NC(=O)NC[C@H]2CC[C@@H](Nc3nc(N(C)C)c4ccccc4n3)CC2)c(Br)c1. The molecule has 1 aliphatic carbocycles. The molecule has 0 spiro atoms. The van der Waals surface area contributed by atoms with Crippen LogP contribution >= 0.6 is 31.9 Å². The summed E-state index contributed by atoms with van der Waals surface area (Å²) in [5.41, 5.74) is 2.90. The van der Waals surface area contributed by atoms with E-state index in [2.05, 4.69) is 79.9 Å². The summed E-state index contributed by atoms with van der Waals surface area (Å²) in [7, 11) is 4.01. The van der Waals surface area contributed by atoms with Gasteiger partial charge in [0.1, 0.15) is 5.82 Å². The Bertz CT molecular complexity index is 1200. The quantitative estimate of drug-likeness (QED) is 0.263. The molecule has 0 atom stereocenters. The molecule has 1 aromatic heterocycles. The Labute approximate surface area is 230 Å². The number of hydrogen-bond donors (Lipinski definition) is 3. The van der Waals surface area contributed by atoms with Gasteiger partial charge in [-0.05, 0) is 99.2 Å². The number of fused-ring (bicyclic) bond motifs is 1. The maximum atomic E-state index is 12.6. The van der Waals surface area contributed by atoms with Crippen molar-refractivity contribution in [3.8, 4) is 0 Å². The molecule has 0 unspecified atom stereocenters. The molecular formula is C27H34Br2N6O. The summed E-state index contributed by atoms with van der Waals surface area (Å²) in [4.78, 5) is 24.1. The molecule has 7 nitrogen and oxygen atoms in total. The van der Waals surface area contributed by atoms with E-state index < -0.39 is 0 Å². The fourth-order valence-corrected chi connectivity index (χ4v) is 6.02. The van der Waals surface area contributed by atoms with Crippen molar-refractivity contribution in [3.63, 3.8) is 0 Å². The van der Waals surface area contributed by atoms with Crippen LogP contribution in [0.3, 0.4) is 0 Å². The molecule has 1 fully saturated rings. The number of halogens is 2. The second-order valence-electron chi connectivity index (χ2n) is 9.99. The van der Waals surface area contributed by atoms with Gasteiger partial charge in [0.25, 0.3) is 0 Å². The van der Waals surface area contributed by atoms with Crippen LogP contribution in [-0.2, 0) is 0 Å². The minimum Gasteiger partial charge on any atom is -0.362 e. The maximum absolute atomic E-state index is 12.6. The van der Waals surface area contributed by atoms with E-state index in [1.165, 1.54) is 5.56 Å². The second-order valence-corrected chi connectivity index (χ2v) is 11.7. The van der Waals surface area contributed by atoms with Crippen molar-refractivity contribution >= 4 is 66.2 Å². The molecule has 0 saturated heterocycles. The highest BCUT2D eigenvalue weighted by Crippen LogP contribution is 2.35. The third-order valence-corrected chi connectivity index (χ3v) is 7.96. The molecule has 2 aromatic carbocycles. The van der Waals surface area contributed by atoms with Crippen molar-refractivity contribution in [2.45, 2.75) is 51.5 Å². The Balaban J connectivity index is 1.28. The van der Waals surface area contributed by atoms with Gasteiger partial charge in [0.2, 0.25) is 5.95 Å². The second kappa shape index (κ2) is 11.8. The van der Waals surface area contributed by atoms with Crippen LogP contribution in [0.1, 0.15) is 51.0 Å². The van der Waals surface area contributed by atoms with Crippen molar-refractivity contribution in [2.24, 2.45) is 5.92 Å². The Morgan fingerprint density at radius 3 is 2.36 bits per heavy atom. The summed E-state index contributed by atoms with van der Waals surface area (Å²) < 4.78 is 1.74. The van der Waals surface area contributed by atoms with Crippen molar-refractivity contribution in [1.29, 1.82) is 0 Å². The van der Waals surface area contributed by atoms with Gasteiger partial charge in [0.15, 0.2) is 0 Å². The fourth-order valence-electron chi connectivity index (χ4n) is 4.60. The molecule has 36 heavy (non-hydrogen) atoms. The fraction of sp³-hybridized carbons (Fsp3) is 0.444. The zero-order chi connectivity index (χ0) is 25.8. The summed E-state index contributed by atoms with van der Waals surface area (Å²) in [6, 6.07) is 12.4. The van der Waals surface area contributed by atoms with Crippen LogP contribution in [0.2, 0.25) is 0 Å². The molecule has 1 heterocycles. The summed E-state index contributed by atoms with van der Waals surface area (Å²) >= 11 is 7.18. The molecular weight excluding hydrogens is 584 g/mol. The first-order chi connectivity index (χ1) is 17.2. The first-order valence-electron chi connectivity index (χ1n) is 12.5. The molecule has 2 amide bonds. The van der Waals surface area contributed by atoms with E-state index in [9.17, 15) is 4.79 Å². The van der Waals surface area contributed by atoms with Crippen LogP contribution < -0.4 is 20.9 Å². The highest BCUT2D eigenvalue weighted by Gasteiger charge is 2.23. The lowest BCUT2D eigenvalue weighted by Gasteiger charge is -2.29. The third kappa shape index (κ3) is 6.48. The normalized spacial score (nSPS) is 17.8. The highest BCUT2D eigenvalue weighted by atomic mass is 79.9. The van der Waals surface area contributed by atoms with Crippen LogP contribution in [0.5, 0.6) is 0 Å². The predicted octanol–water partition coefficient (Wildman–Crippen LogP) is 7.14. The van der Waals surface area contributed by atoms with E-state index >= 15 is 0 Å². The largest absolute Gasteiger partial charge is 0.362 e. The number of anilines is 3. The zero-order valence-corrected chi connectivity index (χ0v) is 24.4. The van der Waals surface area contributed by atoms with Gasteiger partial charge >= 0.3 is 6.03 Å².